The minimum atomic E-state index is -0.833. The third kappa shape index (κ3) is 3.07. The molecule has 3 rings (SSSR count). The number of hydrogen-bond donors (Lipinski definition) is 2. The first-order valence-corrected chi connectivity index (χ1v) is 7.37. The molecule has 0 unspecified atom stereocenters. The van der Waals surface area contributed by atoms with E-state index in [2.05, 4.69) is 4.90 Å². The molecule has 0 spiro atoms. The summed E-state index contributed by atoms with van der Waals surface area (Å²) in [5.74, 6) is -0.805. The maximum atomic E-state index is 12.4. The number of carbonyl (C=O) groups excluding carboxylic acids is 2. The van der Waals surface area contributed by atoms with Gasteiger partial charge in [0.05, 0.1) is 6.10 Å². The number of piperazine rings is 1. The minimum Gasteiger partial charge on any atom is -0.481 e. The molecule has 3 heterocycles. The molecular weight excluding hydrogens is 290 g/mol. The summed E-state index contributed by atoms with van der Waals surface area (Å²) in [5.41, 5.74) is 0. The molecular formula is C14H23N3O5. The van der Waals surface area contributed by atoms with E-state index in [4.69, 9.17) is 9.90 Å². The average molecular weight is 313 g/mol. The predicted molar refractivity (Wildman–Crippen MR) is 77.0 cm³/mol. The molecule has 3 aliphatic heterocycles. The van der Waals surface area contributed by atoms with Crippen molar-refractivity contribution in [3.8, 4) is 0 Å². The number of aliphatic carboxylic acids is 1. The molecule has 0 radical (unpaired) electrons. The maximum absolute atomic E-state index is 12.4. The zero-order valence-corrected chi connectivity index (χ0v) is 13.1. The Kier molecular flexibility index (Phi) is 4.72. The molecule has 0 saturated carbocycles. The monoisotopic (exact) mass is 313 g/mol. The van der Waals surface area contributed by atoms with Gasteiger partial charge in [-0.2, -0.15) is 0 Å². The molecule has 0 aromatic carbocycles. The number of aliphatic hydroxyl groups is 1. The van der Waals surface area contributed by atoms with Crippen molar-refractivity contribution in [3.63, 3.8) is 0 Å². The van der Waals surface area contributed by atoms with E-state index < -0.39 is 18.1 Å². The SMILES string of the molecule is CC(=O)O.CN(C)[C@@H]1C[C@H]2C(=O)N3C[C@H](O)C[C@H]3C(=O)N2C1. The number of hydrogen-bond acceptors (Lipinski definition) is 5. The van der Waals surface area contributed by atoms with Gasteiger partial charge in [0.2, 0.25) is 11.8 Å². The number of fused-ring (bicyclic) bond motifs is 2. The Morgan fingerprint density at radius 2 is 1.55 bits per heavy atom. The molecule has 3 fully saturated rings. The fourth-order valence-corrected chi connectivity index (χ4v) is 3.34. The van der Waals surface area contributed by atoms with Gasteiger partial charge in [-0.1, -0.05) is 0 Å². The van der Waals surface area contributed by atoms with Crippen molar-refractivity contribution in [2.45, 2.75) is 44.0 Å². The van der Waals surface area contributed by atoms with Crippen molar-refractivity contribution < 1.29 is 24.6 Å². The van der Waals surface area contributed by atoms with Gasteiger partial charge >= 0.3 is 0 Å². The number of nitrogens with zero attached hydrogens (tertiary/aromatic N) is 3. The van der Waals surface area contributed by atoms with E-state index in [9.17, 15) is 14.7 Å². The van der Waals surface area contributed by atoms with Crippen molar-refractivity contribution >= 4 is 17.8 Å². The highest BCUT2D eigenvalue weighted by atomic mass is 16.4. The molecule has 8 nitrogen and oxygen atoms in total. The zero-order chi connectivity index (χ0) is 16.6. The summed E-state index contributed by atoms with van der Waals surface area (Å²) in [5, 5.41) is 17.0. The predicted octanol–water partition coefficient (Wildman–Crippen LogP) is -1.42. The van der Waals surface area contributed by atoms with Crippen LogP contribution in [0.5, 0.6) is 0 Å². The smallest absolute Gasteiger partial charge is 0.300 e. The molecule has 0 bridgehead atoms. The van der Waals surface area contributed by atoms with Crippen LogP contribution in [0.2, 0.25) is 0 Å². The average Bonchev–Trinajstić information content (AvgIpc) is 2.99. The Hall–Kier alpha value is -1.67. The Labute approximate surface area is 129 Å². The van der Waals surface area contributed by atoms with Crippen LogP contribution in [-0.4, -0.2) is 94.1 Å². The third-order valence-electron chi connectivity index (χ3n) is 4.42. The van der Waals surface area contributed by atoms with Gasteiger partial charge in [0.25, 0.3) is 5.97 Å². The van der Waals surface area contributed by atoms with Gasteiger partial charge in [-0.3, -0.25) is 14.4 Å². The highest BCUT2D eigenvalue weighted by Gasteiger charge is 2.53. The number of carboxylic acid groups (broad SMARTS) is 1. The lowest BCUT2D eigenvalue weighted by Crippen LogP contribution is -2.60. The topological polar surface area (TPSA) is 101 Å². The van der Waals surface area contributed by atoms with Gasteiger partial charge < -0.3 is 24.9 Å². The molecule has 124 valence electrons. The van der Waals surface area contributed by atoms with Crippen molar-refractivity contribution in [2.75, 3.05) is 27.2 Å². The van der Waals surface area contributed by atoms with E-state index in [-0.39, 0.29) is 23.9 Å². The fourth-order valence-electron chi connectivity index (χ4n) is 3.34. The van der Waals surface area contributed by atoms with Gasteiger partial charge in [0, 0.05) is 32.5 Å². The van der Waals surface area contributed by atoms with Gasteiger partial charge in [0.1, 0.15) is 12.1 Å². The standard InChI is InChI=1S/C12H19N3O3.C2H4O2/c1-13(2)7-3-9-11(17)15-6-8(16)4-10(15)12(18)14(9)5-7;1-2(3)4/h7-10,16H,3-6H2,1-2H3;1H3,(H,3,4)/t7-,8-,9+,10+;/m1./s1. The van der Waals surface area contributed by atoms with E-state index >= 15 is 0 Å². The Bertz CT molecular complexity index is 445. The molecule has 0 aromatic heterocycles. The van der Waals surface area contributed by atoms with Gasteiger partial charge in [0.15, 0.2) is 0 Å². The summed E-state index contributed by atoms with van der Waals surface area (Å²) in [6.45, 7) is 2.02. The lowest BCUT2D eigenvalue weighted by Gasteiger charge is -2.38. The summed E-state index contributed by atoms with van der Waals surface area (Å²) in [6.07, 6.45) is 0.546. The van der Waals surface area contributed by atoms with Gasteiger partial charge in [-0.25, -0.2) is 0 Å². The number of carbonyl (C=O) groups is 3. The zero-order valence-electron chi connectivity index (χ0n) is 13.1. The van der Waals surface area contributed by atoms with E-state index in [1.54, 1.807) is 9.80 Å². The van der Waals surface area contributed by atoms with Crippen LogP contribution in [0.3, 0.4) is 0 Å². The van der Waals surface area contributed by atoms with Crippen LogP contribution in [0.25, 0.3) is 0 Å². The van der Waals surface area contributed by atoms with Crippen LogP contribution in [0, 0.1) is 0 Å². The van der Waals surface area contributed by atoms with Crippen LogP contribution >= 0.6 is 0 Å². The number of aliphatic hydroxyl groups excluding tert-OH is 1. The van der Waals surface area contributed by atoms with Gasteiger partial charge in [-0.05, 0) is 20.5 Å². The molecule has 0 aliphatic carbocycles. The molecule has 4 atom stereocenters. The lowest BCUT2D eigenvalue weighted by molar-refractivity contribution is -0.157. The Morgan fingerprint density at radius 1 is 1.09 bits per heavy atom. The summed E-state index contributed by atoms with van der Waals surface area (Å²) < 4.78 is 0. The number of carboxylic acids is 1. The highest BCUT2D eigenvalue weighted by molar-refractivity contribution is 5.98. The van der Waals surface area contributed by atoms with Crippen molar-refractivity contribution in [1.29, 1.82) is 0 Å². The summed E-state index contributed by atoms with van der Waals surface area (Å²) >= 11 is 0. The first kappa shape index (κ1) is 16.7. The largest absolute Gasteiger partial charge is 0.481 e. The van der Waals surface area contributed by atoms with Crippen LogP contribution in [0.1, 0.15) is 19.8 Å². The quantitative estimate of drug-likeness (QED) is 0.616. The summed E-state index contributed by atoms with van der Waals surface area (Å²) in [6, 6.07) is -0.482. The highest BCUT2D eigenvalue weighted by Crippen LogP contribution is 2.33. The maximum Gasteiger partial charge on any atom is 0.300 e. The second-order valence-electron chi connectivity index (χ2n) is 6.27. The molecule has 3 aliphatic rings. The number of likely N-dealkylation sites (N-methyl/N-ethyl adjacent to an activating group) is 1. The van der Waals surface area contributed by atoms with Crippen LogP contribution in [0.4, 0.5) is 0 Å². The molecule has 8 heteroatoms. The second kappa shape index (κ2) is 6.21. The van der Waals surface area contributed by atoms with Crippen molar-refractivity contribution in [2.24, 2.45) is 0 Å². The molecule has 2 N–H and O–H groups in total. The Balaban J connectivity index is 0.000000396. The van der Waals surface area contributed by atoms with Crippen molar-refractivity contribution in [1.82, 2.24) is 14.7 Å². The molecule has 22 heavy (non-hydrogen) atoms. The van der Waals surface area contributed by atoms with E-state index in [1.165, 1.54) is 0 Å². The van der Waals surface area contributed by atoms with Gasteiger partial charge in [-0.15, -0.1) is 0 Å². The minimum absolute atomic E-state index is 0.0144. The van der Waals surface area contributed by atoms with E-state index in [0.29, 0.717) is 25.9 Å². The Morgan fingerprint density at radius 3 is 2.05 bits per heavy atom. The molecule has 2 amide bonds. The fraction of sp³-hybridized carbons (Fsp3) is 0.786. The number of amides is 2. The third-order valence-corrected chi connectivity index (χ3v) is 4.42. The second-order valence-corrected chi connectivity index (χ2v) is 6.27. The van der Waals surface area contributed by atoms with Crippen molar-refractivity contribution in [3.05, 3.63) is 0 Å². The number of rotatable bonds is 1. The normalized spacial score (nSPS) is 33.5. The van der Waals surface area contributed by atoms with Crippen LogP contribution in [-0.2, 0) is 14.4 Å². The lowest BCUT2D eigenvalue weighted by atomic mass is 10.1. The summed E-state index contributed by atoms with van der Waals surface area (Å²) in [7, 11) is 3.95. The first-order valence-electron chi connectivity index (χ1n) is 7.37. The summed E-state index contributed by atoms with van der Waals surface area (Å²) in [4.78, 5) is 39.1. The van der Waals surface area contributed by atoms with E-state index in [1.807, 2.05) is 14.1 Å². The van der Waals surface area contributed by atoms with Crippen LogP contribution < -0.4 is 0 Å². The van der Waals surface area contributed by atoms with Crippen LogP contribution in [0.15, 0.2) is 0 Å². The molecule has 3 saturated heterocycles. The first-order chi connectivity index (χ1) is 10.2. The van der Waals surface area contributed by atoms with E-state index in [0.717, 1.165) is 6.92 Å². The molecule has 0 aromatic rings.